The van der Waals surface area contributed by atoms with Gasteiger partial charge in [-0.15, -0.1) is 0 Å². The standard InChI is InChI=1S/C22H19BrClN7O4S/c23-17-12-26-22(27-13-17)35-10-9-34-21-19(16-1-3-18(24)4-2-16)20(28-14-29-21)31-36(32,33)30-11-15-5-7-25-8-6-15/h1-8,12-14,30H,9-11H2,(H,28,29,31). The van der Waals surface area contributed by atoms with Crippen molar-refractivity contribution in [3.63, 3.8) is 0 Å². The van der Waals surface area contributed by atoms with Gasteiger partial charge in [-0.1, -0.05) is 23.7 Å². The van der Waals surface area contributed by atoms with Gasteiger partial charge in [0.1, 0.15) is 19.5 Å². The topological polar surface area (TPSA) is 141 Å². The highest BCUT2D eigenvalue weighted by Gasteiger charge is 2.20. The van der Waals surface area contributed by atoms with E-state index in [9.17, 15) is 8.42 Å². The molecule has 36 heavy (non-hydrogen) atoms. The van der Waals surface area contributed by atoms with Crippen LogP contribution in [0.25, 0.3) is 11.1 Å². The first-order chi connectivity index (χ1) is 17.4. The Morgan fingerprint density at radius 1 is 0.917 bits per heavy atom. The third-order valence-electron chi connectivity index (χ3n) is 4.54. The summed E-state index contributed by atoms with van der Waals surface area (Å²) in [4.78, 5) is 20.3. The maximum absolute atomic E-state index is 12.8. The molecule has 0 fully saturated rings. The number of rotatable bonds is 11. The van der Waals surface area contributed by atoms with Gasteiger partial charge in [0, 0.05) is 36.4 Å². The zero-order chi connectivity index (χ0) is 25.4. The van der Waals surface area contributed by atoms with E-state index in [2.05, 4.69) is 50.3 Å². The molecule has 3 aromatic heterocycles. The maximum atomic E-state index is 12.8. The summed E-state index contributed by atoms with van der Waals surface area (Å²) in [5.41, 5.74) is 1.68. The SMILES string of the molecule is O=S(=O)(NCc1ccncc1)Nc1ncnc(OCCOc2ncc(Br)cn2)c1-c1ccc(Cl)cc1. The van der Waals surface area contributed by atoms with Crippen molar-refractivity contribution in [3.05, 3.63) is 82.6 Å². The van der Waals surface area contributed by atoms with Crippen molar-refractivity contribution in [3.8, 4) is 23.0 Å². The minimum atomic E-state index is -3.99. The van der Waals surface area contributed by atoms with Crippen molar-refractivity contribution >= 4 is 43.6 Å². The molecule has 0 bridgehead atoms. The molecule has 186 valence electrons. The van der Waals surface area contributed by atoms with Crippen molar-refractivity contribution < 1.29 is 17.9 Å². The Morgan fingerprint density at radius 2 is 1.61 bits per heavy atom. The minimum absolute atomic E-state index is 0.0294. The number of hydrogen-bond acceptors (Lipinski definition) is 9. The lowest BCUT2D eigenvalue weighted by Crippen LogP contribution is -2.30. The molecule has 4 rings (SSSR count). The number of hydrogen-bond donors (Lipinski definition) is 2. The second kappa shape index (κ2) is 12.0. The lowest BCUT2D eigenvalue weighted by Gasteiger charge is -2.16. The molecule has 0 aliphatic carbocycles. The number of pyridine rings is 1. The van der Waals surface area contributed by atoms with Gasteiger partial charge in [0.15, 0.2) is 5.82 Å². The third kappa shape index (κ3) is 7.31. The van der Waals surface area contributed by atoms with E-state index in [-0.39, 0.29) is 37.5 Å². The lowest BCUT2D eigenvalue weighted by molar-refractivity contribution is 0.202. The fourth-order valence-corrected chi connectivity index (χ4v) is 4.09. The average Bonchev–Trinajstić information content (AvgIpc) is 2.88. The van der Waals surface area contributed by atoms with Gasteiger partial charge >= 0.3 is 16.2 Å². The molecule has 3 heterocycles. The highest BCUT2D eigenvalue weighted by molar-refractivity contribution is 9.10. The van der Waals surface area contributed by atoms with Crippen LogP contribution < -0.4 is 18.9 Å². The van der Waals surface area contributed by atoms with Crippen molar-refractivity contribution in [2.75, 3.05) is 17.9 Å². The first-order valence-electron chi connectivity index (χ1n) is 10.4. The van der Waals surface area contributed by atoms with Gasteiger partial charge < -0.3 is 9.47 Å². The first-order valence-corrected chi connectivity index (χ1v) is 13.1. The number of aromatic nitrogens is 5. The van der Waals surface area contributed by atoms with Gasteiger partial charge in [-0.25, -0.2) is 19.9 Å². The number of nitrogens with one attached hydrogen (secondary N) is 2. The van der Waals surface area contributed by atoms with Crippen LogP contribution >= 0.6 is 27.5 Å². The minimum Gasteiger partial charge on any atom is -0.473 e. The van der Waals surface area contributed by atoms with E-state index in [0.717, 1.165) is 10.0 Å². The molecule has 0 saturated carbocycles. The highest BCUT2D eigenvalue weighted by atomic mass is 79.9. The summed E-state index contributed by atoms with van der Waals surface area (Å²) < 4.78 is 42.5. The van der Waals surface area contributed by atoms with Crippen molar-refractivity contribution in [1.82, 2.24) is 29.6 Å². The zero-order valence-electron chi connectivity index (χ0n) is 18.5. The first kappa shape index (κ1) is 25.7. The molecule has 0 unspecified atom stereocenters. The third-order valence-corrected chi connectivity index (χ3v) is 6.19. The van der Waals surface area contributed by atoms with E-state index in [1.165, 1.54) is 6.33 Å². The van der Waals surface area contributed by atoms with Crippen molar-refractivity contribution in [1.29, 1.82) is 0 Å². The van der Waals surface area contributed by atoms with Crippen molar-refractivity contribution in [2.24, 2.45) is 0 Å². The molecule has 0 amide bonds. The molecule has 0 saturated heterocycles. The molecule has 14 heteroatoms. The van der Waals surface area contributed by atoms with Gasteiger partial charge in [0.2, 0.25) is 5.88 Å². The Labute approximate surface area is 220 Å². The Morgan fingerprint density at radius 3 is 2.33 bits per heavy atom. The smallest absolute Gasteiger partial charge is 0.316 e. The van der Waals surface area contributed by atoms with Crippen LogP contribution in [0.3, 0.4) is 0 Å². The van der Waals surface area contributed by atoms with Crippen LogP contribution in [0.5, 0.6) is 11.9 Å². The average molecular weight is 593 g/mol. The fourth-order valence-electron chi connectivity index (χ4n) is 2.92. The quantitative estimate of drug-likeness (QED) is 0.250. The van der Waals surface area contributed by atoms with Gasteiger partial charge in [-0.2, -0.15) is 13.1 Å². The van der Waals surface area contributed by atoms with Crippen LogP contribution in [0.1, 0.15) is 5.56 Å². The van der Waals surface area contributed by atoms with Crippen LogP contribution in [0.4, 0.5) is 5.82 Å². The van der Waals surface area contributed by atoms with Gasteiger partial charge in [-0.05, 0) is 51.3 Å². The predicted octanol–water partition coefficient (Wildman–Crippen LogP) is 3.65. The summed E-state index contributed by atoms with van der Waals surface area (Å²) >= 11 is 9.29. The normalized spacial score (nSPS) is 11.2. The number of anilines is 1. The Hall–Kier alpha value is -3.39. The highest BCUT2D eigenvalue weighted by Crippen LogP contribution is 2.34. The van der Waals surface area contributed by atoms with Crippen LogP contribution in [0, 0.1) is 0 Å². The summed E-state index contributed by atoms with van der Waals surface area (Å²) in [5.74, 6) is 0.182. The molecule has 0 aliphatic heterocycles. The maximum Gasteiger partial charge on any atom is 0.316 e. The van der Waals surface area contributed by atoms with Crippen LogP contribution in [-0.2, 0) is 16.8 Å². The van der Waals surface area contributed by atoms with E-state index < -0.39 is 10.2 Å². The molecule has 11 nitrogen and oxygen atoms in total. The summed E-state index contributed by atoms with van der Waals surface area (Å²) in [5, 5.41) is 0.516. The molecular formula is C22H19BrClN7O4S. The van der Waals surface area contributed by atoms with E-state index in [4.69, 9.17) is 21.1 Å². The number of halogens is 2. The molecular weight excluding hydrogens is 574 g/mol. The summed E-state index contributed by atoms with van der Waals surface area (Å²) in [7, 11) is -3.99. The van der Waals surface area contributed by atoms with Crippen molar-refractivity contribution in [2.45, 2.75) is 6.54 Å². The lowest BCUT2D eigenvalue weighted by atomic mass is 10.1. The summed E-state index contributed by atoms with van der Waals surface area (Å²) in [6.07, 6.45) is 7.49. The zero-order valence-corrected chi connectivity index (χ0v) is 21.7. The molecule has 2 N–H and O–H groups in total. The van der Waals surface area contributed by atoms with Gasteiger partial charge in [0.05, 0.1) is 10.0 Å². The second-order valence-corrected chi connectivity index (χ2v) is 9.92. The predicted molar refractivity (Wildman–Crippen MR) is 137 cm³/mol. The molecule has 0 radical (unpaired) electrons. The number of ether oxygens (including phenoxy) is 2. The number of nitrogens with zero attached hydrogens (tertiary/aromatic N) is 5. The van der Waals surface area contributed by atoms with Crippen LogP contribution in [0.2, 0.25) is 5.02 Å². The Bertz CT molecular complexity index is 1400. The van der Waals surface area contributed by atoms with E-state index >= 15 is 0 Å². The van der Waals surface area contributed by atoms with Crippen LogP contribution in [0.15, 0.2) is 72.0 Å². The Balaban J connectivity index is 1.52. The van der Waals surface area contributed by atoms with Gasteiger partial charge in [-0.3, -0.25) is 9.71 Å². The van der Waals surface area contributed by atoms with E-state index in [0.29, 0.717) is 16.1 Å². The molecule has 0 atom stereocenters. The summed E-state index contributed by atoms with van der Waals surface area (Å²) in [6, 6.07) is 10.4. The molecule has 0 aliphatic rings. The summed E-state index contributed by atoms with van der Waals surface area (Å²) in [6.45, 7) is 0.280. The second-order valence-electron chi connectivity index (χ2n) is 7.07. The monoisotopic (exact) mass is 591 g/mol. The largest absolute Gasteiger partial charge is 0.473 e. The molecule has 1 aromatic carbocycles. The van der Waals surface area contributed by atoms with Crippen LogP contribution in [-0.4, -0.2) is 46.6 Å². The fraction of sp³-hybridized carbons (Fsp3) is 0.136. The van der Waals surface area contributed by atoms with Gasteiger partial charge in [0.25, 0.3) is 0 Å². The Kier molecular flexibility index (Phi) is 8.59. The van der Waals surface area contributed by atoms with E-state index in [1.807, 2.05) is 0 Å². The molecule has 4 aromatic rings. The van der Waals surface area contributed by atoms with E-state index in [1.54, 1.807) is 61.2 Å². The molecule has 0 spiro atoms. The number of benzene rings is 1.